The van der Waals surface area contributed by atoms with Gasteiger partial charge in [-0.1, -0.05) is 121 Å². The molecule has 4 heterocycles. The van der Waals surface area contributed by atoms with Gasteiger partial charge >= 0.3 is 0 Å². The second kappa shape index (κ2) is 11.4. The minimum atomic E-state index is 0.882. The highest BCUT2D eigenvalue weighted by Crippen LogP contribution is 2.44. The topological polar surface area (TPSA) is 25.8 Å². The Morgan fingerprint density at radius 3 is 1.55 bits per heavy atom. The molecule has 7 aromatic carbocycles. The Bertz CT molecular complexity index is 3160. The van der Waals surface area contributed by atoms with Crippen LogP contribution in [0.25, 0.3) is 105 Å². The van der Waals surface area contributed by atoms with Gasteiger partial charge in [0.15, 0.2) is 0 Å². The summed E-state index contributed by atoms with van der Waals surface area (Å²) in [6.07, 6.45) is 1.93. The number of fused-ring (bicyclic) bond motifs is 9. The molecule has 2 nitrogen and oxygen atoms in total. The van der Waals surface area contributed by atoms with Gasteiger partial charge < -0.3 is 0 Å². The fraction of sp³-hybridized carbons (Fsp3) is 0. The molecule has 0 aliphatic carbocycles. The molecule has 0 amide bonds. The normalized spacial score (nSPS) is 11.9. The van der Waals surface area contributed by atoms with Gasteiger partial charge in [-0.2, -0.15) is 0 Å². The van der Waals surface area contributed by atoms with Crippen molar-refractivity contribution in [2.45, 2.75) is 0 Å². The van der Waals surface area contributed by atoms with Gasteiger partial charge in [-0.15, -0.1) is 34.0 Å². The lowest BCUT2D eigenvalue weighted by Crippen LogP contribution is -1.89. The van der Waals surface area contributed by atoms with E-state index in [-0.39, 0.29) is 0 Å². The van der Waals surface area contributed by atoms with Crippen LogP contribution >= 0.6 is 34.0 Å². The average Bonchev–Trinajstić information content (AvgIpc) is 3.89. The molecule has 0 aliphatic heterocycles. The van der Waals surface area contributed by atoms with Crippen LogP contribution in [0.2, 0.25) is 0 Å². The number of rotatable bonds is 4. The molecule has 238 valence electrons. The number of benzene rings is 7. The van der Waals surface area contributed by atoms with E-state index in [9.17, 15) is 0 Å². The standard InChI is InChI=1S/C46H26N2S3/c1-3-21-39-34(14-1)36-19-7-17-32(44(36)49-39)28-11-5-10-27(24-28)31-16-9-23-41-42(31)43-46(51-41)47-26-38(48-43)30-13-6-12-29(25-30)33-18-8-20-37-35-15-2-4-22-40(35)50-45(33)37/h1-26H. The first kappa shape index (κ1) is 29.1. The third-order valence-electron chi connectivity index (χ3n) is 9.97. The van der Waals surface area contributed by atoms with Crippen molar-refractivity contribution < 1.29 is 0 Å². The minimum Gasteiger partial charge on any atom is -0.243 e. The second-order valence-electron chi connectivity index (χ2n) is 12.9. The van der Waals surface area contributed by atoms with E-state index in [0.717, 1.165) is 27.0 Å². The molecule has 4 aromatic heterocycles. The lowest BCUT2D eigenvalue weighted by atomic mass is 9.96. The molecule has 0 spiro atoms. The largest absolute Gasteiger partial charge is 0.243 e. The fourth-order valence-corrected chi connectivity index (χ4v) is 11.1. The Balaban J connectivity index is 1.04. The molecule has 0 saturated heterocycles. The summed E-state index contributed by atoms with van der Waals surface area (Å²) in [4.78, 5) is 11.3. The van der Waals surface area contributed by atoms with E-state index in [0.29, 0.717) is 0 Å². The summed E-state index contributed by atoms with van der Waals surface area (Å²) in [5.41, 5.74) is 10.2. The van der Waals surface area contributed by atoms with E-state index in [1.165, 1.54) is 78.4 Å². The van der Waals surface area contributed by atoms with Crippen molar-refractivity contribution in [3.63, 3.8) is 0 Å². The number of nitrogens with zero attached hydrogens (tertiary/aromatic N) is 2. The zero-order valence-corrected chi connectivity index (χ0v) is 29.6. The second-order valence-corrected chi connectivity index (χ2v) is 16.0. The Hall–Kier alpha value is -5.72. The SMILES string of the molecule is c1cc(-c2cnc3sc4cccc(-c5cccc(-c6cccc7c6sc6ccccc67)c5)c4c3n2)cc(-c2cccc3c2sc2ccccc23)c1. The molecule has 0 N–H and O–H groups in total. The van der Waals surface area contributed by atoms with Gasteiger partial charge in [-0.05, 0) is 63.7 Å². The highest BCUT2D eigenvalue weighted by Gasteiger charge is 2.17. The molecule has 0 fully saturated rings. The zero-order valence-electron chi connectivity index (χ0n) is 27.1. The van der Waals surface area contributed by atoms with Gasteiger partial charge in [-0.25, -0.2) is 9.97 Å². The van der Waals surface area contributed by atoms with Crippen molar-refractivity contribution in [1.82, 2.24) is 9.97 Å². The van der Waals surface area contributed by atoms with Crippen molar-refractivity contribution in [2.24, 2.45) is 0 Å². The van der Waals surface area contributed by atoms with Crippen LogP contribution in [0.15, 0.2) is 158 Å². The monoisotopic (exact) mass is 702 g/mol. The average molecular weight is 703 g/mol. The van der Waals surface area contributed by atoms with Crippen LogP contribution in [0.3, 0.4) is 0 Å². The smallest absolute Gasteiger partial charge is 0.143 e. The van der Waals surface area contributed by atoms with Gasteiger partial charge in [0.05, 0.1) is 11.9 Å². The van der Waals surface area contributed by atoms with E-state index in [1.807, 2.05) is 28.9 Å². The van der Waals surface area contributed by atoms with Crippen LogP contribution in [-0.2, 0) is 0 Å². The van der Waals surface area contributed by atoms with E-state index in [4.69, 9.17) is 9.97 Å². The number of thiophene rings is 3. The molecule has 0 bridgehead atoms. The lowest BCUT2D eigenvalue weighted by Gasteiger charge is -2.09. The quantitative estimate of drug-likeness (QED) is 0.182. The number of aromatic nitrogens is 2. The van der Waals surface area contributed by atoms with Gasteiger partial charge in [0.25, 0.3) is 0 Å². The number of hydrogen-bond acceptors (Lipinski definition) is 5. The van der Waals surface area contributed by atoms with Crippen LogP contribution in [0, 0.1) is 0 Å². The van der Waals surface area contributed by atoms with E-state index in [2.05, 4.69) is 152 Å². The molecule has 11 aromatic rings. The Morgan fingerprint density at radius 1 is 0.392 bits per heavy atom. The summed E-state index contributed by atoms with van der Waals surface area (Å²) in [5.74, 6) is 0. The molecule has 0 aliphatic rings. The van der Waals surface area contributed by atoms with Crippen molar-refractivity contribution in [2.75, 3.05) is 0 Å². The van der Waals surface area contributed by atoms with Crippen molar-refractivity contribution >= 4 is 94.8 Å². The van der Waals surface area contributed by atoms with E-state index >= 15 is 0 Å². The summed E-state index contributed by atoms with van der Waals surface area (Å²) in [5, 5.41) is 6.42. The molecule has 5 heteroatoms. The van der Waals surface area contributed by atoms with Gasteiger partial charge in [-0.3, -0.25) is 0 Å². The lowest BCUT2D eigenvalue weighted by molar-refractivity contribution is 1.32. The third-order valence-corrected chi connectivity index (χ3v) is 13.5. The Kier molecular flexibility index (Phi) is 6.50. The molecular formula is C46H26N2S3. The first-order valence-corrected chi connectivity index (χ1v) is 19.4. The summed E-state index contributed by atoms with van der Waals surface area (Å²) in [7, 11) is 0. The van der Waals surface area contributed by atoms with Crippen LogP contribution in [0.5, 0.6) is 0 Å². The molecule has 0 saturated carbocycles. The van der Waals surface area contributed by atoms with Gasteiger partial charge in [0, 0.05) is 56.0 Å². The van der Waals surface area contributed by atoms with Crippen LogP contribution in [0.4, 0.5) is 0 Å². The maximum Gasteiger partial charge on any atom is 0.143 e. The fourth-order valence-electron chi connectivity index (χ4n) is 7.61. The summed E-state index contributed by atoms with van der Waals surface area (Å²) in [6.45, 7) is 0. The van der Waals surface area contributed by atoms with Crippen molar-refractivity contribution in [3.8, 4) is 44.6 Å². The van der Waals surface area contributed by atoms with Gasteiger partial charge in [0.2, 0.25) is 0 Å². The molecule has 0 atom stereocenters. The predicted molar refractivity (Wildman–Crippen MR) is 222 cm³/mol. The maximum absolute atomic E-state index is 5.35. The first-order valence-electron chi connectivity index (χ1n) is 17.0. The molecule has 0 radical (unpaired) electrons. The minimum absolute atomic E-state index is 0.882. The van der Waals surface area contributed by atoms with Crippen molar-refractivity contribution in [3.05, 3.63) is 158 Å². The van der Waals surface area contributed by atoms with E-state index < -0.39 is 0 Å². The molecule has 11 rings (SSSR count). The summed E-state index contributed by atoms with van der Waals surface area (Å²) in [6, 6.07) is 55.1. The van der Waals surface area contributed by atoms with E-state index in [1.54, 1.807) is 11.3 Å². The first-order chi connectivity index (χ1) is 25.3. The molecule has 51 heavy (non-hydrogen) atoms. The molecular weight excluding hydrogens is 677 g/mol. The Labute approximate surface area is 305 Å². The highest BCUT2D eigenvalue weighted by atomic mass is 32.1. The summed E-state index contributed by atoms with van der Waals surface area (Å²) < 4.78 is 6.48. The van der Waals surface area contributed by atoms with Crippen molar-refractivity contribution in [1.29, 1.82) is 0 Å². The zero-order chi connectivity index (χ0) is 33.5. The number of hydrogen-bond donors (Lipinski definition) is 0. The third kappa shape index (κ3) is 4.59. The predicted octanol–water partition coefficient (Wildman–Crippen LogP) is 14.2. The van der Waals surface area contributed by atoms with Gasteiger partial charge in [0.1, 0.15) is 10.3 Å². The summed E-state index contributed by atoms with van der Waals surface area (Å²) >= 11 is 5.45. The molecule has 0 unspecified atom stereocenters. The van der Waals surface area contributed by atoms with Crippen LogP contribution in [0.1, 0.15) is 0 Å². The van der Waals surface area contributed by atoms with Crippen LogP contribution in [-0.4, -0.2) is 9.97 Å². The Morgan fingerprint density at radius 2 is 0.882 bits per heavy atom. The van der Waals surface area contributed by atoms with Crippen LogP contribution < -0.4 is 0 Å². The maximum atomic E-state index is 5.35. The highest BCUT2D eigenvalue weighted by molar-refractivity contribution is 7.27.